The number of methoxy groups -OCH3 is 1. The van der Waals surface area contributed by atoms with Gasteiger partial charge < -0.3 is 5.11 Å². The van der Waals surface area contributed by atoms with Crippen molar-refractivity contribution in [2.75, 3.05) is 22.0 Å². The number of thiol groups is 1. The van der Waals surface area contributed by atoms with E-state index in [-0.39, 0.29) is 21.6 Å². The van der Waals surface area contributed by atoms with Gasteiger partial charge >= 0.3 is 156 Å². The minimum atomic E-state index is -1.20. The zero-order chi connectivity index (χ0) is 22.0. The summed E-state index contributed by atoms with van der Waals surface area (Å²) in [4.78, 5) is 39.5. The van der Waals surface area contributed by atoms with Crippen LogP contribution in [-0.4, -0.2) is 59.9 Å². The van der Waals surface area contributed by atoms with E-state index in [0.29, 0.717) is 23.0 Å². The number of nitrogens with zero attached hydrogens (tertiary/aromatic N) is 2. The van der Waals surface area contributed by atoms with Crippen molar-refractivity contribution in [2.24, 2.45) is 0 Å². The molecule has 0 fully saturated rings. The van der Waals surface area contributed by atoms with Gasteiger partial charge in [0.15, 0.2) is 0 Å². The first-order valence-electron chi connectivity index (χ1n) is 7.86. The van der Waals surface area contributed by atoms with Gasteiger partial charge in [0.05, 0.1) is 0 Å². The molecule has 1 unspecified atom stereocenters. The van der Waals surface area contributed by atoms with Gasteiger partial charge in [-0.25, -0.2) is 0 Å². The van der Waals surface area contributed by atoms with E-state index in [1.165, 1.54) is 20.1 Å². The second-order valence-electron chi connectivity index (χ2n) is 5.24. The number of carboxylic acid groups (broad SMARTS) is 1. The number of hydrogen-bond donors (Lipinski definition) is 6. The zero-order valence-corrected chi connectivity index (χ0v) is 18.7. The maximum atomic E-state index is 11.2. The monoisotopic (exact) mass is 485 g/mol. The van der Waals surface area contributed by atoms with Crippen molar-refractivity contribution >= 4 is 68.3 Å². The number of phenolic OH excluding ortho intramolecular Hbond substituents is 1. The normalized spacial score (nSPS) is 9.93. The Balaban J connectivity index is 0.000000960. The molecule has 0 saturated heterocycles. The molecule has 1 heterocycles. The molecule has 1 amide bonds. The molecule has 29 heavy (non-hydrogen) atoms. The van der Waals surface area contributed by atoms with Crippen LogP contribution in [0.5, 0.6) is 5.75 Å². The molecule has 0 aliphatic heterocycles. The Morgan fingerprint density at radius 2 is 1.76 bits per heavy atom. The molecule has 0 bridgehead atoms. The molecule has 2 rings (SSSR count). The van der Waals surface area contributed by atoms with Crippen LogP contribution in [-0.2, 0) is 14.3 Å². The quantitative estimate of drug-likeness (QED) is 0.154. The summed E-state index contributed by atoms with van der Waals surface area (Å²) in [5, 5.41) is 23.1. The summed E-state index contributed by atoms with van der Waals surface area (Å²) < 4.78 is 7.20. The molecule has 0 radical (unpaired) electrons. The van der Waals surface area contributed by atoms with Gasteiger partial charge in [0.25, 0.3) is 5.97 Å². The van der Waals surface area contributed by atoms with Crippen LogP contribution < -0.4 is 14.9 Å². The molecule has 1 aromatic carbocycles. The van der Waals surface area contributed by atoms with E-state index in [4.69, 9.17) is 9.90 Å². The number of amides is 1. The average molecular weight is 485 g/mol. The summed E-state index contributed by atoms with van der Waals surface area (Å²) in [7, 11) is 1.32. The Morgan fingerprint density at radius 3 is 2.31 bits per heavy atom. The van der Waals surface area contributed by atoms with Gasteiger partial charge in [-0.2, -0.15) is 0 Å². The molecule has 1 aromatic heterocycles. The third-order valence-electron chi connectivity index (χ3n) is 2.77. The first-order valence-corrected chi connectivity index (χ1v) is 10.4. The van der Waals surface area contributed by atoms with Crippen molar-refractivity contribution in [1.29, 1.82) is 0 Å². The fourth-order valence-corrected chi connectivity index (χ4v) is 2.96. The molecule has 2 aromatic rings. The fraction of sp³-hybridized carbons (Fsp3) is 0.188. The van der Waals surface area contributed by atoms with Gasteiger partial charge in [0.2, 0.25) is 0 Å². The molecule has 5 N–H and O–H groups in total. The van der Waals surface area contributed by atoms with E-state index in [2.05, 4.69) is 42.2 Å². The van der Waals surface area contributed by atoms with Crippen molar-refractivity contribution in [3.63, 3.8) is 0 Å². The van der Waals surface area contributed by atoms with Crippen molar-refractivity contribution in [3.8, 4) is 5.75 Å². The topological polar surface area (TPSA) is 163 Å². The fourth-order valence-electron chi connectivity index (χ4n) is 1.78. The first-order chi connectivity index (χ1) is 13.6. The summed E-state index contributed by atoms with van der Waals surface area (Å²) in [6.07, 6.45) is 0. The number of ether oxygens (including phenoxy) is 1. The van der Waals surface area contributed by atoms with Crippen LogP contribution in [0.2, 0.25) is 0 Å². The van der Waals surface area contributed by atoms with E-state index in [1.807, 2.05) is 0 Å². The Hall–Kier alpha value is -2.98. The Bertz CT molecular complexity index is 894. The van der Waals surface area contributed by atoms with Gasteiger partial charge in [0.1, 0.15) is 0 Å². The predicted molar refractivity (Wildman–Crippen MR) is 111 cm³/mol. The van der Waals surface area contributed by atoms with Gasteiger partial charge in [-0.1, -0.05) is 0 Å². The Morgan fingerprint density at radius 1 is 1.14 bits per heavy atom. The van der Waals surface area contributed by atoms with Crippen LogP contribution >= 0.6 is 12.6 Å². The van der Waals surface area contributed by atoms with Crippen molar-refractivity contribution in [1.82, 2.24) is 9.97 Å². The number of carbonyl (C=O) groups is 3. The Kier molecular flexibility index (Phi) is 9.76. The average Bonchev–Trinajstić information content (AvgIpc) is 2.61. The summed E-state index contributed by atoms with van der Waals surface area (Å²) in [6, 6.07) is 6.27. The third-order valence-corrected chi connectivity index (χ3v) is 4.63. The molecular formula is C16H20AsN5O6S. The first kappa shape index (κ1) is 24.1. The number of benzene rings is 1. The minimum absolute atomic E-state index is 0.0870. The van der Waals surface area contributed by atoms with Gasteiger partial charge in [0, 0.05) is 6.92 Å². The van der Waals surface area contributed by atoms with Crippen LogP contribution in [0.1, 0.15) is 13.8 Å². The van der Waals surface area contributed by atoms with Crippen molar-refractivity contribution in [2.45, 2.75) is 19.0 Å². The number of carbonyl (C=O) groups excluding carboxylic acids is 2. The number of carboxylic acids is 1. The number of aromatic hydroxyl groups is 1. The van der Waals surface area contributed by atoms with E-state index >= 15 is 0 Å². The molecule has 0 saturated carbocycles. The molecule has 0 aliphatic rings. The predicted octanol–water partition coefficient (Wildman–Crippen LogP) is 1.79. The van der Waals surface area contributed by atoms with Gasteiger partial charge in [-0.05, 0) is 0 Å². The second-order valence-corrected chi connectivity index (χ2v) is 7.54. The standard InChI is InChI=1S/C14H16AsN5O4S.C2H4O2/c1-7(21)16-9-4-3-8(5-10(9)22)17-11-6-12(19-14(25)18-11)20-15-13(23)24-2;1-2(3)4/h3-6,15,22H,1-2H3,(H,16,21)(H3,17,18,19,20,25);1H3,(H,3,4). The van der Waals surface area contributed by atoms with Crippen LogP contribution in [0.15, 0.2) is 29.4 Å². The molecule has 1 atom stereocenters. The molecular weight excluding hydrogens is 465 g/mol. The number of phenols is 1. The van der Waals surface area contributed by atoms with E-state index in [9.17, 15) is 14.7 Å². The van der Waals surface area contributed by atoms with Crippen LogP contribution in [0, 0.1) is 0 Å². The number of aromatic nitrogens is 2. The molecule has 156 valence electrons. The van der Waals surface area contributed by atoms with Crippen molar-refractivity contribution in [3.05, 3.63) is 24.3 Å². The molecule has 11 nitrogen and oxygen atoms in total. The number of hydrogen-bond acceptors (Lipinski definition) is 10. The van der Waals surface area contributed by atoms with E-state index in [1.54, 1.807) is 18.2 Å². The maximum absolute atomic E-state index is 11.2. The summed E-state index contributed by atoms with van der Waals surface area (Å²) in [5.41, 5.74) is 0.856. The zero-order valence-electron chi connectivity index (χ0n) is 15.7. The second kappa shape index (κ2) is 11.8. The van der Waals surface area contributed by atoms with Crippen molar-refractivity contribution < 1.29 is 29.3 Å². The summed E-state index contributed by atoms with van der Waals surface area (Å²) in [6.45, 7) is 2.44. The molecule has 0 spiro atoms. The molecule has 13 heteroatoms. The summed E-state index contributed by atoms with van der Waals surface area (Å²) in [5.74, 6) is -0.342. The number of rotatable bonds is 6. The van der Waals surface area contributed by atoms with E-state index < -0.39 is 21.9 Å². The van der Waals surface area contributed by atoms with E-state index in [0.717, 1.165) is 6.92 Å². The molecule has 0 aliphatic carbocycles. The summed E-state index contributed by atoms with van der Waals surface area (Å²) >= 11 is 2.93. The number of anilines is 4. The van der Waals surface area contributed by atoms with Gasteiger partial charge in [-0.3, -0.25) is 4.79 Å². The Labute approximate surface area is 178 Å². The number of aliphatic carboxylic acids is 1. The van der Waals surface area contributed by atoms with Crippen LogP contribution in [0.3, 0.4) is 0 Å². The third kappa shape index (κ3) is 9.67. The number of nitrogens with one attached hydrogen (secondary N) is 3. The van der Waals surface area contributed by atoms with Crippen LogP contribution in [0.4, 0.5) is 27.8 Å². The SMILES string of the molecule is CC(=O)O.COC(=O)[AsH]Nc1cc(Nc2ccc(NC(C)=O)c(O)c2)nc(S)n1. The van der Waals surface area contributed by atoms with Crippen LogP contribution in [0.25, 0.3) is 0 Å². The van der Waals surface area contributed by atoms with Gasteiger partial charge in [-0.15, -0.1) is 0 Å².